The minimum atomic E-state index is -4.21. The Balaban J connectivity index is 2.11. The van der Waals surface area contributed by atoms with E-state index < -0.39 is 78.3 Å². The van der Waals surface area contributed by atoms with E-state index >= 15 is 0 Å². The Bertz CT molecular complexity index is 882. The Morgan fingerprint density at radius 2 is 1.52 bits per heavy atom. The molecule has 0 saturated carbocycles. The molecule has 1 saturated heterocycles. The van der Waals surface area contributed by atoms with Crippen LogP contribution in [0.25, 0.3) is 0 Å². The number of benzene rings is 1. The first-order chi connectivity index (χ1) is 15.5. The van der Waals surface area contributed by atoms with Gasteiger partial charge in [-0.3, -0.25) is 13.8 Å². The molecule has 1 aromatic carbocycles. The highest BCUT2D eigenvalue weighted by Gasteiger charge is 2.46. The van der Waals surface area contributed by atoms with Crippen LogP contribution >= 0.6 is 0 Å². The molecule has 13 heteroatoms. The first-order valence-electron chi connectivity index (χ1n) is 9.93. The third-order valence-corrected chi connectivity index (χ3v) is 6.23. The predicted molar refractivity (Wildman–Crippen MR) is 109 cm³/mol. The topological polar surface area (TPSA) is 175 Å². The molecular weight excluding hydrogens is 464 g/mol. The number of carbonyl (C=O) groups is 2. The monoisotopic (exact) mass is 492 g/mol. The van der Waals surface area contributed by atoms with Crippen LogP contribution in [-0.2, 0) is 42.8 Å². The molecule has 0 radical (unpaired) electrons. The molecular formula is C20H28O12S. The number of ether oxygens (including phenoxy) is 4. The fourth-order valence-electron chi connectivity index (χ4n) is 2.99. The molecule has 0 unspecified atom stereocenters. The van der Waals surface area contributed by atoms with Gasteiger partial charge in [0, 0.05) is 0 Å². The Morgan fingerprint density at radius 3 is 2.03 bits per heavy atom. The van der Waals surface area contributed by atoms with Crippen molar-refractivity contribution in [3.8, 4) is 0 Å². The lowest BCUT2D eigenvalue weighted by molar-refractivity contribution is -0.310. The van der Waals surface area contributed by atoms with Gasteiger partial charge in [0.1, 0.15) is 24.4 Å². The minimum Gasteiger partial charge on any atom is -0.469 e. The maximum absolute atomic E-state index is 12.4. The van der Waals surface area contributed by atoms with E-state index in [-0.39, 0.29) is 4.90 Å². The van der Waals surface area contributed by atoms with Crippen molar-refractivity contribution in [1.29, 1.82) is 0 Å². The van der Waals surface area contributed by atoms with Crippen molar-refractivity contribution in [3.63, 3.8) is 0 Å². The van der Waals surface area contributed by atoms with Gasteiger partial charge in [-0.2, -0.15) is 8.42 Å². The second kappa shape index (κ2) is 11.8. The van der Waals surface area contributed by atoms with Crippen LogP contribution in [0.1, 0.15) is 18.4 Å². The van der Waals surface area contributed by atoms with Gasteiger partial charge in [-0.25, -0.2) is 0 Å². The molecule has 33 heavy (non-hydrogen) atoms. The van der Waals surface area contributed by atoms with Crippen molar-refractivity contribution in [2.24, 2.45) is 0 Å². The second-order valence-electron chi connectivity index (χ2n) is 7.39. The molecule has 0 aliphatic carbocycles. The summed E-state index contributed by atoms with van der Waals surface area (Å²) < 4.78 is 49.7. The number of methoxy groups -OCH3 is 2. The first kappa shape index (κ1) is 27.1. The lowest BCUT2D eigenvalue weighted by atomic mass is 9.99. The van der Waals surface area contributed by atoms with Crippen LogP contribution < -0.4 is 0 Å². The van der Waals surface area contributed by atoms with Gasteiger partial charge in [0.15, 0.2) is 6.29 Å². The molecule has 1 aromatic rings. The van der Waals surface area contributed by atoms with Crippen molar-refractivity contribution in [1.82, 2.24) is 0 Å². The van der Waals surface area contributed by atoms with Crippen molar-refractivity contribution >= 4 is 22.1 Å². The molecule has 186 valence electrons. The van der Waals surface area contributed by atoms with Crippen LogP contribution in [0.5, 0.6) is 0 Å². The van der Waals surface area contributed by atoms with E-state index in [1.165, 1.54) is 12.1 Å². The maximum Gasteiger partial charge on any atom is 0.308 e. The maximum atomic E-state index is 12.4. The molecule has 12 nitrogen and oxygen atoms in total. The van der Waals surface area contributed by atoms with E-state index in [1.54, 1.807) is 19.1 Å². The van der Waals surface area contributed by atoms with Gasteiger partial charge >= 0.3 is 11.9 Å². The lowest BCUT2D eigenvalue weighted by Crippen LogP contribution is -2.60. The minimum absolute atomic E-state index is 0.122. The van der Waals surface area contributed by atoms with Crippen LogP contribution in [0, 0.1) is 6.92 Å². The molecule has 1 fully saturated rings. The number of aliphatic hydroxyl groups excluding tert-OH is 3. The lowest BCUT2D eigenvalue weighted by Gasteiger charge is -2.41. The number of rotatable bonds is 10. The zero-order valence-electron chi connectivity index (χ0n) is 18.3. The molecule has 2 rings (SSSR count). The molecule has 0 spiro atoms. The zero-order chi connectivity index (χ0) is 24.8. The summed E-state index contributed by atoms with van der Waals surface area (Å²) in [5.74, 6) is -1.45. The van der Waals surface area contributed by atoms with E-state index in [9.17, 15) is 33.3 Å². The van der Waals surface area contributed by atoms with Crippen LogP contribution in [0.3, 0.4) is 0 Å². The third kappa shape index (κ3) is 7.43. The predicted octanol–water partition coefficient (Wildman–Crippen LogP) is -0.981. The fourth-order valence-corrected chi connectivity index (χ4v) is 3.91. The van der Waals surface area contributed by atoms with E-state index in [2.05, 4.69) is 9.47 Å². The third-order valence-electron chi connectivity index (χ3n) is 4.94. The summed E-state index contributed by atoms with van der Waals surface area (Å²) in [7, 11) is -1.95. The zero-order valence-corrected chi connectivity index (χ0v) is 19.1. The number of aryl methyl sites for hydroxylation is 1. The Morgan fingerprint density at radius 1 is 0.970 bits per heavy atom. The van der Waals surface area contributed by atoms with Crippen LogP contribution in [0.4, 0.5) is 0 Å². The molecule has 0 aromatic heterocycles. The number of carbonyl (C=O) groups excluding carboxylic acids is 2. The van der Waals surface area contributed by atoms with E-state index in [0.29, 0.717) is 0 Å². The van der Waals surface area contributed by atoms with Crippen LogP contribution in [-0.4, -0.2) is 93.3 Å². The summed E-state index contributed by atoms with van der Waals surface area (Å²) in [5.41, 5.74) is 0.838. The van der Waals surface area contributed by atoms with Gasteiger partial charge in [0.25, 0.3) is 10.1 Å². The summed E-state index contributed by atoms with van der Waals surface area (Å²) in [6.45, 7) is 1.07. The van der Waals surface area contributed by atoms with Gasteiger partial charge in [-0.1, -0.05) is 17.7 Å². The van der Waals surface area contributed by atoms with Crippen molar-refractivity contribution in [3.05, 3.63) is 29.8 Å². The Kier molecular flexibility index (Phi) is 9.72. The number of esters is 2. The average Bonchev–Trinajstić information content (AvgIpc) is 2.78. The largest absolute Gasteiger partial charge is 0.469 e. The van der Waals surface area contributed by atoms with Crippen LogP contribution in [0.15, 0.2) is 29.2 Å². The Labute approximate surface area is 191 Å². The van der Waals surface area contributed by atoms with Crippen molar-refractivity contribution in [2.45, 2.75) is 61.5 Å². The van der Waals surface area contributed by atoms with E-state index in [0.717, 1.165) is 19.8 Å². The molecule has 5 atom stereocenters. The normalized spacial score (nSPS) is 25.6. The summed E-state index contributed by atoms with van der Waals surface area (Å²) in [6.07, 6.45) is -10.3. The molecule has 1 aliphatic rings. The van der Waals surface area contributed by atoms with Crippen molar-refractivity contribution < 1.29 is 56.5 Å². The van der Waals surface area contributed by atoms with Crippen LogP contribution in [0.2, 0.25) is 0 Å². The summed E-state index contributed by atoms with van der Waals surface area (Å²) in [4.78, 5) is 23.1. The highest BCUT2D eigenvalue weighted by atomic mass is 32.2. The molecule has 1 heterocycles. The molecule has 0 bridgehead atoms. The molecule has 0 amide bonds. The quantitative estimate of drug-likeness (QED) is 0.269. The average molecular weight is 492 g/mol. The summed E-state index contributed by atoms with van der Waals surface area (Å²) in [5, 5.41) is 30.6. The SMILES string of the molecule is COC(=O)CC(CC(=O)OC)O[C@@H]1O[C@H](COS(=O)(=O)c2ccc(C)cc2)[C@@H](O)[C@H](O)[C@H]1O. The fraction of sp³-hybridized carbons (Fsp3) is 0.600. The van der Waals surface area contributed by atoms with Gasteiger partial charge < -0.3 is 34.3 Å². The van der Waals surface area contributed by atoms with Gasteiger partial charge in [-0.05, 0) is 19.1 Å². The molecule has 3 N–H and O–H groups in total. The van der Waals surface area contributed by atoms with Crippen molar-refractivity contribution in [2.75, 3.05) is 20.8 Å². The number of hydrogen-bond acceptors (Lipinski definition) is 12. The summed E-state index contributed by atoms with van der Waals surface area (Å²) >= 11 is 0. The highest BCUT2D eigenvalue weighted by molar-refractivity contribution is 7.86. The Hall–Kier alpha value is -2.13. The van der Waals surface area contributed by atoms with E-state index in [1.807, 2.05) is 0 Å². The van der Waals surface area contributed by atoms with E-state index in [4.69, 9.17) is 13.7 Å². The molecule has 1 aliphatic heterocycles. The smallest absolute Gasteiger partial charge is 0.308 e. The number of hydrogen-bond donors (Lipinski definition) is 3. The van der Waals surface area contributed by atoms with Gasteiger partial charge in [0.05, 0.1) is 44.7 Å². The highest BCUT2D eigenvalue weighted by Crippen LogP contribution is 2.26. The number of aliphatic hydroxyl groups is 3. The summed E-state index contributed by atoms with van der Waals surface area (Å²) in [6, 6.07) is 5.85. The van der Waals surface area contributed by atoms with Gasteiger partial charge in [-0.15, -0.1) is 0 Å². The van der Waals surface area contributed by atoms with Gasteiger partial charge in [0.2, 0.25) is 0 Å². The second-order valence-corrected chi connectivity index (χ2v) is 9.00. The first-order valence-corrected chi connectivity index (χ1v) is 11.3. The standard InChI is InChI=1S/C20H28O12S/c1-11-4-6-13(7-5-11)33(26,27)30-10-14-17(23)18(24)19(25)20(32-14)31-12(8-15(21)28-2)9-16(22)29-3/h4-7,12,14,17-20,23-25H,8-10H2,1-3H3/t14-,17-,18+,19-,20-/m1/s1.